The van der Waals surface area contributed by atoms with Crippen LogP contribution in [-0.2, 0) is 52.3 Å². The van der Waals surface area contributed by atoms with E-state index in [2.05, 4.69) is 0 Å². The van der Waals surface area contributed by atoms with E-state index in [9.17, 15) is 19.2 Å². The van der Waals surface area contributed by atoms with Crippen LogP contribution >= 0.6 is 0 Å². The monoisotopic (exact) mass is 554 g/mol. The molecule has 4 fully saturated rings. The molecule has 220 valence electrons. The molecule has 0 radical (unpaired) electrons. The summed E-state index contributed by atoms with van der Waals surface area (Å²) >= 11 is 0. The third-order valence-electron chi connectivity index (χ3n) is 7.93. The van der Waals surface area contributed by atoms with Crippen LogP contribution in [0.5, 0.6) is 0 Å². The minimum Gasteiger partial charge on any atom is -0.465 e. The van der Waals surface area contributed by atoms with Crippen LogP contribution in [0.25, 0.3) is 0 Å². The molecule has 0 aromatic carbocycles. The second-order valence-corrected chi connectivity index (χ2v) is 10.8. The topological polar surface area (TPSA) is 139 Å². The number of fused-ring (bicyclic) bond motifs is 2. The first-order chi connectivity index (χ1) is 18.9. The Balaban J connectivity index is 1.11. The van der Waals surface area contributed by atoms with Crippen molar-refractivity contribution >= 4 is 23.9 Å². The molecule has 2 aliphatic heterocycles. The summed E-state index contributed by atoms with van der Waals surface area (Å²) in [6, 6.07) is 0. The summed E-state index contributed by atoms with van der Waals surface area (Å²) < 4.78 is 38.0. The molecule has 0 spiro atoms. The van der Waals surface area contributed by atoms with Crippen LogP contribution in [0.2, 0.25) is 0 Å². The number of hydrogen-bond donors (Lipinski definition) is 0. The Morgan fingerprint density at radius 1 is 0.513 bits per heavy atom. The first-order valence-electron chi connectivity index (χ1n) is 14.5. The van der Waals surface area contributed by atoms with Gasteiger partial charge in [0.05, 0.1) is 74.5 Å². The van der Waals surface area contributed by atoms with Crippen molar-refractivity contribution in [2.75, 3.05) is 39.6 Å². The highest BCUT2D eigenvalue weighted by Gasteiger charge is 2.54. The Morgan fingerprint density at radius 3 is 1.13 bits per heavy atom. The minimum absolute atomic E-state index is 0.00694. The fourth-order valence-electron chi connectivity index (χ4n) is 5.45. The normalized spacial score (nSPS) is 32.3. The lowest BCUT2D eigenvalue weighted by Crippen LogP contribution is -2.38. The van der Waals surface area contributed by atoms with Gasteiger partial charge in [0, 0.05) is 0 Å². The van der Waals surface area contributed by atoms with Crippen molar-refractivity contribution in [3.8, 4) is 0 Å². The molecule has 4 aliphatic rings. The molecule has 2 saturated heterocycles. The number of rotatable bonds is 16. The highest BCUT2D eigenvalue weighted by atomic mass is 16.6. The summed E-state index contributed by atoms with van der Waals surface area (Å²) in [6.45, 7) is 5.01. The van der Waals surface area contributed by atoms with Gasteiger partial charge < -0.3 is 33.2 Å². The zero-order valence-electron chi connectivity index (χ0n) is 23.0. The lowest BCUT2D eigenvalue weighted by Gasteiger charge is -2.26. The summed E-state index contributed by atoms with van der Waals surface area (Å²) in [5.41, 5.74) is 0. The first-order valence-corrected chi connectivity index (χ1v) is 14.5. The largest absolute Gasteiger partial charge is 0.465 e. The van der Waals surface area contributed by atoms with E-state index in [4.69, 9.17) is 33.2 Å². The molecular formula is C28H42O11. The van der Waals surface area contributed by atoms with E-state index < -0.39 is 35.6 Å². The summed E-state index contributed by atoms with van der Waals surface area (Å²) in [4.78, 5) is 50.4. The maximum atomic E-state index is 12.7. The third-order valence-corrected chi connectivity index (χ3v) is 7.93. The second kappa shape index (κ2) is 14.4. The smallest absolute Gasteiger partial charge is 0.309 e. The standard InChI is InChI=1S/C28H42O11/c1-3-5-7-34-25(29)17-13-21-23(38-21)15-19(17)27(31)36-11-9-33-10-12-37-28(32)20-16-24-22(39-24)14-18(20)26(30)35-8-6-4-2/h17-24H,3-16H2,1-2H3/t17-,18-,19-,20+,21-,22-,23-,24+/m0/s1. The van der Waals surface area contributed by atoms with Crippen molar-refractivity contribution in [1.29, 1.82) is 0 Å². The molecule has 0 unspecified atom stereocenters. The van der Waals surface area contributed by atoms with Gasteiger partial charge in [0.2, 0.25) is 0 Å². The van der Waals surface area contributed by atoms with Gasteiger partial charge in [-0.2, -0.15) is 0 Å². The SMILES string of the molecule is CCCCOC(=O)[C@H]1C[C@@H]2O[C@H]2C[C@@H]1C(=O)OCCOCCOC(=O)[C@@H]1C[C@H]2O[C@H]2C[C@@H]1C(=O)OCCCC. The molecule has 11 heteroatoms. The van der Waals surface area contributed by atoms with Crippen LogP contribution in [0, 0.1) is 23.7 Å². The number of epoxide rings is 2. The fraction of sp³-hybridized carbons (Fsp3) is 0.857. The highest BCUT2D eigenvalue weighted by Crippen LogP contribution is 2.44. The number of carbonyl (C=O) groups excluding carboxylic acids is 4. The summed E-state index contributed by atoms with van der Waals surface area (Å²) in [5.74, 6) is -3.92. The lowest BCUT2D eigenvalue weighted by molar-refractivity contribution is -0.164. The highest BCUT2D eigenvalue weighted by molar-refractivity contribution is 5.83. The maximum absolute atomic E-state index is 12.7. The average Bonchev–Trinajstić information content (AvgIpc) is 3.85. The zero-order chi connectivity index (χ0) is 27.8. The predicted molar refractivity (Wildman–Crippen MR) is 134 cm³/mol. The molecule has 39 heavy (non-hydrogen) atoms. The molecule has 11 nitrogen and oxygen atoms in total. The van der Waals surface area contributed by atoms with Gasteiger partial charge in [-0.25, -0.2) is 0 Å². The molecule has 4 rings (SSSR count). The minimum atomic E-state index is -0.587. The Hall–Kier alpha value is -2.24. The van der Waals surface area contributed by atoms with Gasteiger partial charge in [-0.15, -0.1) is 0 Å². The van der Waals surface area contributed by atoms with Crippen molar-refractivity contribution in [3.05, 3.63) is 0 Å². The maximum Gasteiger partial charge on any atom is 0.309 e. The van der Waals surface area contributed by atoms with Gasteiger partial charge in [0.1, 0.15) is 13.2 Å². The van der Waals surface area contributed by atoms with E-state index in [1.807, 2.05) is 13.8 Å². The number of hydrogen-bond acceptors (Lipinski definition) is 11. The van der Waals surface area contributed by atoms with Crippen LogP contribution in [0.15, 0.2) is 0 Å². The average molecular weight is 555 g/mol. The lowest BCUT2D eigenvalue weighted by atomic mass is 9.79. The Bertz CT molecular complexity index is 792. The summed E-state index contributed by atoms with van der Waals surface area (Å²) in [5, 5.41) is 0. The van der Waals surface area contributed by atoms with Crippen molar-refractivity contribution in [1.82, 2.24) is 0 Å². The number of carbonyl (C=O) groups is 4. The number of ether oxygens (including phenoxy) is 7. The number of esters is 4. The molecule has 2 heterocycles. The molecule has 0 aromatic heterocycles. The summed E-state index contributed by atoms with van der Waals surface area (Å²) in [6.07, 6.45) is 5.32. The van der Waals surface area contributed by atoms with Crippen LogP contribution in [-0.4, -0.2) is 87.9 Å². The molecule has 0 bridgehead atoms. The fourth-order valence-corrected chi connectivity index (χ4v) is 5.45. The Kier molecular flexibility index (Phi) is 11.0. The van der Waals surface area contributed by atoms with Gasteiger partial charge in [0.25, 0.3) is 0 Å². The third kappa shape index (κ3) is 8.38. The molecular weight excluding hydrogens is 512 g/mol. The Morgan fingerprint density at radius 2 is 0.821 bits per heavy atom. The van der Waals surface area contributed by atoms with Crippen molar-refractivity contribution in [2.24, 2.45) is 23.7 Å². The van der Waals surface area contributed by atoms with Crippen LogP contribution in [0.4, 0.5) is 0 Å². The van der Waals surface area contributed by atoms with Gasteiger partial charge in [-0.05, 0) is 38.5 Å². The van der Waals surface area contributed by atoms with Gasteiger partial charge in [-0.1, -0.05) is 26.7 Å². The molecule has 0 N–H and O–H groups in total. The number of unbranched alkanes of at least 4 members (excludes halogenated alkanes) is 2. The van der Waals surface area contributed by atoms with Crippen molar-refractivity contribution in [3.63, 3.8) is 0 Å². The van der Waals surface area contributed by atoms with Crippen LogP contribution in [0.1, 0.15) is 65.2 Å². The van der Waals surface area contributed by atoms with E-state index in [1.165, 1.54) is 0 Å². The molecule has 8 atom stereocenters. The summed E-state index contributed by atoms with van der Waals surface area (Å²) in [7, 11) is 0. The van der Waals surface area contributed by atoms with Crippen LogP contribution in [0.3, 0.4) is 0 Å². The molecule has 2 aliphatic carbocycles. The molecule has 0 amide bonds. The van der Waals surface area contributed by atoms with E-state index >= 15 is 0 Å². The Labute approximate surface area is 229 Å². The first kappa shape index (κ1) is 29.7. The van der Waals surface area contributed by atoms with Crippen molar-refractivity contribution < 1.29 is 52.3 Å². The second-order valence-electron chi connectivity index (χ2n) is 10.8. The van der Waals surface area contributed by atoms with E-state index in [0.29, 0.717) is 38.9 Å². The predicted octanol–water partition coefficient (Wildman–Crippen LogP) is 2.36. The molecule has 0 aromatic rings. The van der Waals surface area contributed by atoms with E-state index in [1.54, 1.807) is 0 Å². The molecule has 2 saturated carbocycles. The van der Waals surface area contributed by atoms with Crippen LogP contribution < -0.4 is 0 Å². The zero-order valence-corrected chi connectivity index (χ0v) is 23.0. The van der Waals surface area contributed by atoms with E-state index in [0.717, 1.165) is 25.7 Å². The van der Waals surface area contributed by atoms with Gasteiger partial charge in [0.15, 0.2) is 0 Å². The van der Waals surface area contributed by atoms with Gasteiger partial charge in [-0.3, -0.25) is 19.2 Å². The van der Waals surface area contributed by atoms with Crippen molar-refractivity contribution in [2.45, 2.75) is 89.6 Å². The van der Waals surface area contributed by atoms with Gasteiger partial charge >= 0.3 is 23.9 Å². The van der Waals surface area contributed by atoms with E-state index in [-0.39, 0.29) is 62.8 Å². The quantitative estimate of drug-likeness (QED) is 0.120.